The fraction of sp³-hybridized carbons (Fsp3) is 0.300. The molecule has 0 aliphatic heterocycles. The number of aromatic nitrogens is 2. The number of imidazole rings is 1. The Hall–Kier alpha value is -2.62. The maximum Gasteiger partial charge on any atom is 0.240 e. The second kappa shape index (κ2) is 5.78. The number of rotatable bonds is 3. The standard InChI is InChI=1S/C20H21N3O/c1-13-7-18-19(8-14(13)2)23(12-21-18)11-20(24)22-17-9-15-5-3-4-6-16(15)10-17/h3-8,12,17H,9-11H2,1-2H3,(H,22,24). The minimum atomic E-state index is 0.0466. The minimum absolute atomic E-state index is 0.0466. The van der Waals surface area contributed by atoms with Crippen LogP contribution in [-0.4, -0.2) is 21.5 Å². The highest BCUT2D eigenvalue weighted by molar-refractivity contribution is 5.81. The zero-order valence-electron chi connectivity index (χ0n) is 14.0. The molecule has 1 aliphatic carbocycles. The molecule has 0 fully saturated rings. The molecule has 1 amide bonds. The average molecular weight is 319 g/mol. The zero-order valence-corrected chi connectivity index (χ0v) is 14.0. The Kier molecular flexibility index (Phi) is 3.60. The molecular formula is C20H21N3O. The van der Waals surface area contributed by atoms with E-state index in [0.29, 0.717) is 6.54 Å². The summed E-state index contributed by atoms with van der Waals surface area (Å²) < 4.78 is 1.93. The van der Waals surface area contributed by atoms with Gasteiger partial charge < -0.3 is 9.88 Å². The molecule has 1 aliphatic rings. The number of fused-ring (bicyclic) bond motifs is 2. The second-order valence-electron chi connectivity index (χ2n) is 6.74. The molecule has 0 saturated carbocycles. The molecule has 2 aromatic carbocycles. The van der Waals surface area contributed by atoms with Crippen molar-refractivity contribution in [1.29, 1.82) is 0 Å². The third-order valence-electron chi connectivity index (χ3n) is 4.97. The fourth-order valence-corrected chi connectivity index (χ4v) is 3.53. The van der Waals surface area contributed by atoms with Crippen LogP contribution in [0.15, 0.2) is 42.7 Å². The van der Waals surface area contributed by atoms with Crippen LogP contribution >= 0.6 is 0 Å². The van der Waals surface area contributed by atoms with Crippen molar-refractivity contribution in [3.63, 3.8) is 0 Å². The first-order valence-corrected chi connectivity index (χ1v) is 8.38. The van der Waals surface area contributed by atoms with Crippen LogP contribution in [0, 0.1) is 13.8 Å². The Morgan fingerprint density at radius 2 is 1.83 bits per heavy atom. The summed E-state index contributed by atoms with van der Waals surface area (Å²) in [6, 6.07) is 12.8. The number of amides is 1. The van der Waals surface area contributed by atoms with E-state index in [1.54, 1.807) is 6.33 Å². The first kappa shape index (κ1) is 14.9. The molecule has 4 heteroatoms. The Morgan fingerprint density at radius 3 is 2.54 bits per heavy atom. The predicted octanol–water partition coefficient (Wildman–Crippen LogP) is 2.94. The van der Waals surface area contributed by atoms with Crippen molar-refractivity contribution in [2.45, 2.75) is 39.3 Å². The van der Waals surface area contributed by atoms with Gasteiger partial charge in [-0.1, -0.05) is 24.3 Å². The number of hydrogen-bond acceptors (Lipinski definition) is 2. The SMILES string of the molecule is Cc1cc2ncn(CC(=O)NC3Cc4ccccc4C3)c2cc1C. The van der Waals surface area contributed by atoms with Gasteiger partial charge in [-0.25, -0.2) is 4.98 Å². The lowest BCUT2D eigenvalue weighted by Crippen LogP contribution is -2.37. The summed E-state index contributed by atoms with van der Waals surface area (Å²) in [5.41, 5.74) is 7.10. The highest BCUT2D eigenvalue weighted by Crippen LogP contribution is 2.22. The molecule has 1 N–H and O–H groups in total. The number of nitrogens with one attached hydrogen (secondary N) is 1. The molecule has 0 spiro atoms. The molecule has 0 bridgehead atoms. The van der Waals surface area contributed by atoms with Gasteiger partial charge in [0.25, 0.3) is 0 Å². The molecule has 0 radical (unpaired) electrons. The largest absolute Gasteiger partial charge is 0.351 e. The van der Waals surface area contributed by atoms with Gasteiger partial charge in [-0.2, -0.15) is 0 Å². The Morgan fingerprint density at radius 1 is 1.17 bits per heavy atom. The number of nitrogens with zero attached hydrogens (tertiary/aromatic N) is 2. The fourth-order valence-electron chi connectivity index (χ4n) is 3.53. The molecule has 1 heterocycles. The number of carbonyl (C=O) groups excluding carboxylic acids is 1. The van der Waals surface area contributed by atoms with Gasteiger partial charge in [-0.3, -0.25) is 4.79 Å². The summed E-state index contributed by atoms with van der Waals surface area (Å²) in [6.07, 6.45) is 3.60. The van der Waals surface area contributed by atoms with Gasteiger partial charge in [0.05, 0.1) is 17.4 Å². The number of hydrogen-bond donors (Lipinski definition) is 1. The van der Waals surface area contributed by atoms with Crippen molar-refractivity contribution in [2.24, 2.45) is 0 Å². The summed E-state index contributed by atoms with van der Waals surface area (Å²) in [6.45, 7) is 4.48. The van der Waals surface area contributed by atoms with Gasteiger partial charge in [-0.05, 0) is 61.1 Å². The van der Waals surface area contributed by atoms with E-state index in [9.17, 15) is 4.79 Å². The van der Waals surface area contributed by atoms with Crippen LogP contribution in [0.4, 0.5) is 0 Å². The lowest BCUT2D eigenvalue weighted by atomic mass is 10.1. The summed E-state index contributed by atoms with van der Waals surface area (Å²) in [5, 5.41) is 3.17. The highest BCUT2D eigenvalue weighted by atomic mass is 16.2. The lowest BCUT2D eigenvalue weighted by molar-refractivity contribution is -0.122. The van der Waals surface area contributed by atoms with Gasteiger partial charge >= 0.3 is 0 Å². The molecule has 0 atom stereocenters. The van der Waals surface area contributed by atoms with Crippen LogP contribution in [0.1, 0.15) is 22.3 Å². The van der Waals surface area contributed by atoms with Crippen LogP contribution in [0.3, 0.4) is 0 Å². The van der Waals surface area contributed by atoms with Gasteiger partial charge in [0, 0.05) is 6.04 Å². The highest BCUT2D eigenvalue weighted by Gasteiger charge is 2.22. The summed E-state index contributed by atoms with van der Waals surface area (Å²) in [7, 11) is 0. The Labute approximate surface area is 141 Å². The number of carbonyl (C=O) groups is 1. The van der Waals surface area contributed by atoms with Gasteiger partial charge in [0.2, 0.25) is 5.91 Å². The monoisotopic (exact) mass is 319 g/mol. The van der Waals surface area contributed by atoms with Crippen molar-refractivity contribution in [3.05, 3.63) is 65.0 Å². The molecule has 24 heavy (non-hydrogen) atoms. The molecule has 4 rings (SSSR count). The average Bonchev–Trinajstić information content (AvgIpc) is 3.12. The smallest absolute Gasteiger partial charge is 0.240 e. The van der Waals surface area contributed by atoms with Crippen LogP contribution < -0.4 is 5.32 Å². The topological polar surface area (TPSA) is 46.9 Å². The quantitative estimate of drug-likeness (QED) is 0.807. The van der Waals surface area contributed by atoms with E-state index in [1.807, 2.05) is 4.57 Å². The Balaban J connectivity index is 1.47. The molecule has 1 aromatic heterocycles. The normalized spacial score (nSPS) is 14.1. The summed E-state index contributed by atoms with van der Waals surface area (Å²) in [4.78, 5) is 16.9. The molecule has 122 valence electrons. The van der Waals surface area contributed by atoms with E-state index in [0.717, 1.165) is 23.9 Å². The van der Waals surface area contributed by atoms with Crippen molar-refractivity contribution >= 4 is 16.9 Å². The van der Waals surface area contributed by atoms with Crippen LogP contribution in [0.25, 0.3) is 11.0 Å². The maximum atomic E-state index is 12.5. The van der Waals surface area contributed by atoms with Crippen molar-refractivity contribution in [1.82, 2.24) is 14.9 Å². The molecule has 0 unspecified atom stereocenters. The van der Waals surface area contributed by atoms with E-state index in [4.69, 9.17) is 0 Å². The minimum Gasteiger partial charge on any atom is -0.351 e. The summed E-state index contributed by atoms with van der Waals surface area (Å²) >= 11 is 0. The predicted molar refractivity (Wildman–Crippen MR) is 95.0 cm³/mol. The summed E-state index contributed by atoms with van der Waals surface area (Å²) in [5.74, 6) is 0.0466. The first-order valence-electron chi connectivity index (χ1n) is 8.38. The van der Waals surface area contributed by atoms with E-state index in [-0.39, 0.29) is 11.9 Å². The molecular weight excluding hydrogens is 298 g/mol. The molecule has 4 nitrogen and oxygen atoms in total. The van der Waals surface area contributed by atoms with Crippen molar-refractivity contribution in [3.8, 4) is 0 Å². The van der Waals surface area contributed by atoms with E-state index in [2.05, 4.69) is 60.5 Å². The molecule has 0 saturated heterocycles. The molecule has 3 aromatic rings. The van der Waals surface area contributed by atoms with Crippen molar-refractivity contribution in [2.75, 3.05) is 0 Å². The Bertz CT molecular complexity index is 901. The van der Waals surface area contributed by atoms with Crippen molar-refractivity contribution < 1.29 is 4.79 Å². The van der Waals surface area contributed by atoms with Crippen LogP contribution in [0.5, 0.6) is 0 Å². The second-order valence-corrected chi connectivity index (χ2v) is 6.74. The van der Waals surface area contributed by atoms with Gasteiger partial charge in [-0.15, -0.1) is 0 Å². The first-order chi connectivity index (χ1) is 11.6. The van der Waals surface area contributed by atoms with E-state index < -0.39 is 0 Å². The van der Waals surface area contributed by atoms with Crippen LogP contribution in [-0.2, 0) is 24.2 Å². The van der Waals surface area contributed by atoms with E-state index >= 15 is 0 Å². The van der Waals surface area contributed by atoms with E-state index in [1.165, 1.54) is 22.3 Å². The zero-order chi connectivity index (χ0) is 16.7. The van der Waals surface area contributed by atoms with Gasteiger partial charge in [0.1, 0.15) is 6.54 Å². The number of benzene rings is 2. The third-order valence-corrected chi connectivity index (χ3v) is 4.97. The maximum absolute atomic E-state index is 12.5. The number of aryl methyl sites for hydroxylation is 2. The lowest BCUT2D eigenvalue weighted by Gasteiger charge is -2.13. The third kappa shape index (κ3) is 2.68. The van der Waals surface area contributed by atoms with Crippen LogP contribution in [0.2, 0.25) is 0 Å². The van der Waals surface area contributed by atoms with Gasteiger partial charge in [0.15, 0.2) is 0 Å².